The number of nitro groups is 1. The van der Waals surface area contributed by atoms with E-state index in [0.717, 1.165) is 30.8 Å². The molecule has 0 aliphatic carbocycles. The number of rotatable bonds is 3. The number of halogens is 1. The van der Waals surface area contributed by atoms with Gasteiger partial charge in [-0.1, -0.05) is 11.6 Å². The molecule has 1 fully saturated rings. The fourth-order valence-corrected chi connectivity index (χ4v) is 2.19. The molecule has 1 aromatic carbocycles. The van der Waals surface area contributed by atoms with Crippen molar-refractivity contribution in [2.45, 2.75) is 19.4 Å². The first kappa shape index (κ1) is 12.1. The Balaban J connectivity index is 2.23. The van der Waals surface area contributed by atoms with Gasteiger partial charge in [0, 0.05) is 24.3 Å². The van der Waals surface area contributed by atoms with Crippen LogP contribution in [0.1, 0.15) is 12.0 Å². The predicted molar refractivity (Wildman–Crippen MR) is 67.7 cm³/mol. The lowest BCUT2D eigenvalue weighted by Crippen LogP contribution is -2.22. The van der Waals surface area contributed by atoms with Crippen LogP contribution in [0.5, 0.6) is 0 Å². The van der Waals surface area contributed by atoms with E-state index in [0.29, 0.717) is 6.04 Å². The zero-order valence-corrected chi connectivity index (χ0v) is 10.3. The van der Waals surface area contributed by atoms with Crippen molar-refractivity contribution in [3.63, 3.8) is 0 Å². The average molecular weight is 256 g/mol. The van der Waals surface area contributed by atoms with Crippen LogP contribution < -0.4 is 10.6 Å². The Kier molecular flexibility index (Phi) is 3.49. The largest absolute Gasteiger partial charge is 0.381 e. The third-order valence-corrected chi connectivity index (χ3v) is 3.21. The minimum absolute atomic E-state index is 0.0423. The lowest BCUT2D eigenvalue weighted by molar-refractivity contribution is -0.384. The van der Waals surface area contributed by atoms with Gasteiger partial charge in [-0.25, -0.2) is 0 Å². The van der Waals surface area contributed by atoms with Gasteiger partial charge in [0.25, 0.3) is 5.69 Å². The van der Waals surface area contributed by atoms with E-state index >= 15 is 0 Å². The van der Waals surface area contributed by atoms with E-state index in [9.17, 15) is 10.1 Å². The van der Waals surface area contributed by atoms with Crippen LogP contribution in [0.4, 0.5) is 11.4 Å². The molecule has 0 radical (unpaired) electrons. The average Bonchev–Trinajstić information content (AvgIpc) is 2.75. The summed E-state index contributed by atoms with van der Waals surface area (Å²) in [4.78, 5) is 10.3. The lowest BCUT2D eigenvalue weighted by Gasteiger charge is -2.15. The van der Waals surface area contributed by atoms with Gasteiger partial charge in [-0.3, -0.25) is 10.1 Å². The van der Waals surface area contributed by atoms with Gasteiger partial charge in [0.05, 0.1) is 4.92 Å². The van der Waals surface area contributed by atoms with Crippen LogP contribution in [0, 0.1) is 17.0 Å². The molecule has 0 bridgehead atoms. The van der Waals surface area contributed by atoms with Gasteiger partial charge in [0.1, 0.15) is 5.02 Å². The highest BCUT2D eigenvalue weighted by atomic mass is 35.5. The highest BCUT2D eigenvalue weighted by Crippen LogP contribution is 2.31. The zero-order chi connectivity index (χ0) is 12.4. The van der Waals surface area contributed by atoms with Crippen molar-refractivity contribution in [1.82, 2.24) is 5.32 Å². The number of anilines is 1. The minimum Gasteiger partial charge on any atom is -0.381 e. The Morgan fingerprint density at radius 1 is 1.59 bits per heavy atom. The fourth-order valence-electron chi connectivity index (χ4n) is 1.96. The number of nitro benzene ring substituents is 1. The predicted octanol–water partition coefficient (Wildman–Crippen LogP) is 2.33. The molecule has 0 amide bonds. The normalized spacial score (nSPS) is 19.3. The van der Waals surface area contributed by atoms with Gasteiger partial charge in [0.15, 0.2) is 0 Å². The minimum atomic E-state index is -0.462. The Labute approximate surface area is 104 Å². The Morgan fingerprint density at radius 2 is 2.35 bits per heavy atom. The molecule has 0 saturated carbocycles. The summed E-state index contributed by atoms with van der Waals surface area (Å²) in [5, 5.41) is 17.5. The van der Waals surface area contributed by atoms with E-state index in [-0.39, 0.29) is 10.7 Å². The van der Waals surface area contributed by atoms with Crippen LogP contribution in [-0.4, -0.2) is 24.1 Å². The number of hydrogen-bond acceptors (Lipinski definition) is 4. The smallest absolute Gasteiger partial charge is 0.288 e. The molecular weight excluding hydrogens is 242 g/mol. The molecule has 17 heavy (non-hydrogen) atoms. The van der Waals surface area contributed by atoms with Crippen LogP contribution in [0.15, 0.2) is 12.1 Å². The number of benzene rings is 1. The summed E-state index contributed by atoms with van der Waals surface area (Å²) in [5.41, 5.74) is 1.67. The summed E-state index contributed by atoms with van der Waals surface area (Å²) in [7, 11) is 0. The van der Waals surface area contributed by atoms with E-state index in [2.05, 4.69) is 10.6 Å². The van der Waals surface area contributed by atoms with Crippen molar-refractivity contribution in [3.8, 4) is 0 Å². The van der Waals surface area contributed by atoms with Crippen molar-refractivity contribution in [1.29, 1.82) is 0 Å². The third-order valence-electron chi connectivity index (χ3n) is 2.91. The molecule has 0 spiro atoms. The maximum absolute atomic E-state index is 10.7. The molecule has 2 rings (SSSR count). The fraction of sp³-hybridized carbons (Fsp3) is 0.455. The van der Waals surface area contributed by atoms with Crippen molar-refractivity contribution in [2.24, 2.45) is 0 Å². The van der Waals surface area contributed by atoms with Gasteiger partial charge >= 0.3 is 0 Å². The van der Waals surface area contributed by atoms with Gasteiger partial charge in [-0.15, -0.1) is 0 Å². The highest BCUT2D eigenvalue weighted by molar-refractivity contribution is 6.33. The lowest BCUT2D eigenvalue weighted by atomic mass is 10.1. The second-order valence-electron chi connectivity index (χ2n) is 4.21. The molecule has 1 aliphatic heterocycles. The highest BCUT2D eigenvalue weighted by Gasteiger charge is 2.18. The molecule has 0 aromatic heterocycles. The molecule has 1 heterocycles. The summed E-state index contributed by atoms with van der Waals surface area (Å²) in [6, 6.07) is 3.51. The van der Waals surface area contributed by atoms with Crippen molar-refractivity contribution in [2.75, 3.05) is 18.4 Å². The Bertz CT molecular complexity index is 445. The maximum atomic E-state index is 10.7. The number of hydrogen-bond donors (Lipinski definition) is 2. The standard InChI is InChI=1S/C11H14ClN3O2/c1-7-4-11(15(16)17)9(12)5-10(7)14-8-2-3-13-6-8/h4-5,8,13-14H,2-3,6H2,1H3. The molecule has 92 valence electrons. The van der Waals surface area contributed by atoms with Crippen LogP contribution in [0.25, 0.3) is 0 Å². The first-order valence-electron chi connectivity index (χ1n) is 5.49. The monoisotopic (exact) mass is 255 g/mol. The van der Waals surface area contributed by atoms with E-state index < -0.39 is 4.92 Å². The second kappa shape index (κ2) is 4.89. The molecule has 1 unspecified atom stereocenters. The first-order valence-corrected chi connectivity index (χ1v) is 5.87. The number of aryl methyl sites for hydroxylation is 1. The molecule has 6 heteroatoms. The zero-order valence-electron chi connectivity index (χ0n) is 9.50. The molecule has 2 N–H and O–H groups in total. The van der Waals surface area contributed by atoms with E-state index in [1.807, 2.05) is 6.92 Å². The topological polar surface area (TPSA) is 67.2 Å². The van der Waals surface area contributed by atoms with Gasteiger partial charge in [0.2, 0.25) is 0 Å². The van der Waals surface area contributed by atoms with E-state index in [4.69, 9.17) is 11.6 Å². The summed E-state index contributed by atoms with van der Waals surface area (Å²) in [6.45, 7) is 3.75. The molecule has 1 aromatic rings. The van der Waals surface area contributed by atoms with E-state index in [1.165, 1.54) is 6.07 Å². The van der Waals surface area contributed by atoms with Gasteiger partial charge < -0.3 is 10.6 Å². The van der Waals surface area contributed by atoms with Crippen LogP contribution in [-0.2, 0) is 0 Å². The third kappa shape index (κ3) is 2.68. The summed E-state index contributed by atoms with van der Waals surface area (Å²) in [5.74, 6) is 0. The molecule has 5 nitrogen and oxygen atoms in total. The second-order valence-corrected chi connectivity index (χ2v) is 4.62. The number of nitrogens with zero attached hydrogens (tertiary/aromatic N) is 1. The van der Waals surface area contributed by atoms with Crippen LogP contribution >= 0.6 is 11.6 Å². The van der Waals surface area contributed by atoms with Crippen molar-refractivity contribution >= 4 is 23.0 Å². The molecular formula is C11H14ClN3O2. The Hall–Kier alpha value is -1.33. The van der Waals surface area contributed by atoms with Crippen molar-refractivity contribution < 1.29 is 4.92 Å². The van der Waals surface area contributed by atoms with Gasteiger partial charge in [-0.05, 0) is 31.5 Å². The maximum Gasteiger partial charge on any atom is 0.288 e. The quantitative estimate of drug-likeness (QED) is 0.643. The molecule has 1 saturated heterocycles. The molecule has 1 atom stereocenters. The number of nitrogens with one attached hydrogen (secondary N) is 2. The SMILES string of the molecule is Cc1cc([N+](=O)[O-])c(Cl)cc1NC1CCNC1. The van der Waals surface area contributed by atoms with E-state index in [1.54, 1.807) is 6.07 Å². The van der Waals surface area contributed by atoms with Crippen LogP contribution in [0.3, 0.4) is 0 Å². The summed E-state index contributed by atoms with van der Waals surface area (Å²) < 4.78 is 0. The summed E-state index contributed by atoms with van der Waals surface area (Å²) in [6.07, 6.45) is 1.05. The first-order chi connectivity index (χ1) is 8.08. The van der Waals surface area contributed by atoms with Crippen molar-refractivity contribution in [3.05, 3.63) is 32.8 Å². The summed E-state index contributed by atoms with van der Waals surface area (Å²) >= 11 is 5.88. The Morgan fingerprint density at radius 3 is 2.94 bits per heavy atom. The van der Waals surface area contributed by atoms with Gasteiger partial charge in [-0.2, -0.15) is 0 Å². The van der Waals surface area contributed by atoms with Crippen LogP contribution in [0.2, 0.25) is 5.02 Å². The molecule has 1 aliphatic rings.